The van der Waals surface area contributed by atoms with Gasteiger partial charge in [-0.3, -0.25) is 9.59 Å². The summed E-state index contributed by atoms with van der Waals surface area (Å²) in [4.78, 5) is 40.4. The number of fused-ring (bicyclic) bond motifs is 3. The van der Waals surface area contributed by atoms with E-state index in [1.165, 1.54) is 6.26 Å². The second kappa shape index (κ2) is 7.94. The lowest BCUT2D eigenvalue weighted by atomic mass is 10.1. The van der Waals surface area contributed by atoms with Crippen LogP contribution in [0.25, 0.3) is 11.0 Å². The van der Waals surface area contributed by atoms with E-state index in [4.69, 9.17) is 13.6 Å². The first kappa shape index (κ1) is 19.4. The fourth-order valence-electron chi connectivity index (χ4n) is 4.31. The zero-order valence-electron chi connectivity index (χ0n) is 17.0. The highest BCUT2D eigenvalue weighted by Gasteiger charge is 2.26. The van der Waals surface area contributed by atoms with Gasteiger partial charge in [-0.05, 0) is 49.1 Å². The number of aryl methyl sites for hydroxylation is 1. The molecule has 0 spiro atoms. The van der Waals surface area contributed by atoms with Crippen molar-refractivity contribution in [2.24, 2.45) is 0 Å². The number of carbonyl (C=O) groups is 2. The molecule has 0 radical (unpaired) electrons. The molecule has 3 aromatic rings. The molecule has 8 nitrogen and oxygen atoms in total. The SMILES string of the molecule is O=C(COc1ccc2c3c(c(=O)oc2c1)CCC3)N1CCN(C(=O)c2ccco2)CC1. The summed E-state index contributed by atoms with van der Waals surface area (Å²) in [7, 11) is 0. The number of benzene rings is 1. The van der Waals surface area contributed by atoms with Crippen molar-refractivity contribution in [1.82, 2.24) is 9.80 Å². The number of hydrogen-bond acceptors (Lipinski definition) is 6. The van der Waals surface area contributed by atoms with Gasteiger partial charge in [0.05, 0.1) is 6.26 Å². The molecule has 5 rings (SSSR count). The van der Waals surface area contributed by atoms with Crippen LogP contribution in [0.4, 0.5) is 0 Å². The Hall–Kier alpha value is -3.55. The Bertz CT molecular complexity index is 1190. The Balaban J connectivity index is 1.19. The van der Waals surface area contributed by atoms with Gasteiger partial charge in [0.1, 0.15) is 11.3 Å². The third-order valence-electron chi connectivity index (χ3n) is 5.96. The minimum Gasteiger partial charge on any atom is -0.484 e. The maximum atomic E-state index is 12.6. The lowest BCUT2D eigenvalue weighted by Crippen LogP contribution is -2.51. The van der Waals surface area contributed by atoms with E-state index in [9.17, 15) is 14.4 Å². The van der Waals surface area contributed by atoms with E-state index in [-0.39, 0.29) is 24.0 Å². The van der Waals surface area contributed by atoms with E-state index in [1.54, 1.807) is 34.1 Å². The van der Waals surface area contributed by atoms with Gasteiger partial charge in [0.2, 0.25) is 0 Å². The lowest BCUT2D eigenvalue weighted by molar-refractivity contribution is -0.134. The first-order chi connectivity index (χ1) is 15.1. The minimum absolute atomic E-state index is 0.118. The van der Waals surface area contributed by atoms with Gasteiger partial charge >= 0.3 is 5.63 Å². The summed E-state index contributed by atoms with van der Waals surface area (Å²) < 4.78 is 16.3. The molecule has 1 aliphatic carbocycles. The van der Waals surface area contributed by atoms with Gasteiger partial charge in [-0.1, -0.05) is 0 Å². The summed E-state index contributed by atoms with van der Waals surface area (Å²) in [6.45, 7) is 1.64. The third-order valence-corrected chi connectivity index (χ3v) is 5.96. The van der Waals surface area contributed by atoms with Gasteiger partial charge in [0.15, 0.2) is 12.4 Å². The van der Waals surface area contributed by atoms with Crippen LogP contribution in [0.1, 0.15) is 28.1 Å². The third kappa shape index (κ3) is 3.69. The monoisotopic (exact) mass is 422 g/mol. The number of nitrogens with zero attached hydrogens (tertiary/aromatic N) is 2. The number of furan rings is 1. The number of rotatable bonds is 4. The van der Waals surface area contributed by atoms with Crippen molar-refractivity contribution >= 4 is 22.8 Å². The number of ether oxygens (including phenoxy) is 1. The van der Waals surface area contributed by atoms with Crippen molar-refractivity contribution < 1.29 is 23.2 Å². The average Bonchev–Trinajstić information content (AvgIpc) is 3.50. The van der Waals surface area contributed by atoms with Crippen LogP contribution in [0.15, 0.2) is 50.2 Å². The van der Waals surface area contributed by atoms with Crippen molar-refractivity contribution in [1.29, 1.82) is 0 Å². The molecular weight excluding hydrogens is 400 g/mol. The number of carbonyl (C=O) groups excluding carboxylic acids is 2. The molecule has 3 heterocycles. The molecule has 0 unspecified atom stereocenters. The quantitative estimate of drug-likeness (QED) is 0.599. The molecule has 1 fully saturated rings. The Morgan fingerprint density at radius 1 is 1.00 bits per heavy atom. The second-order valence-electron chi connectivity index (χ2n) is 7.80. The van der Waals surface area contributed by atoms with E-state index in [2.05, 4.69) is 0 Å². The van der Waals surface area contributed by atoms with Crippen molar-refractivity contribution in [2.75, 3.05) is 32.8 Å². The normalized spacial score (nSPS) is 15.9. The molecule has 8 heteroatoms. The van der Waals surface area contributed by atoms with Crippen molar-refractivity contribution in [2.45, 2.75) is 19.3 Å². The van der Waals surface area contributed by atoms with Crippen LogP contribution in [0.5, 0.6) is 5.75 Å². The Kier molecular flexibility index (Phi) is 4.97. The summed E-state index contributed by atoms with van der Waals surface area (Å²) in [6.07, 6.45) is 4.08. The van der Waals surface area contributed by atoms with Crippen molar-refractivity contribution in [3.8, 4) is 5.75 Å². The maximum absolute atomic E-state index is 12.6. The standard InChI is InChI=1S/C23H22N2O6/c26-21(24-8-10-25(11-9-24)22(27)19-5-2-12-29-19)14-30-15-6-7-17-16-3-1-4-18(16)23(28)31-20(17)13-15/h2,5-7,12-13H,1,3-4,8-11,14H2. The highest BCUT2D eigenvalue weighted by atomic mass is 16.5. The van der Waals surface area contributed by atoms with Gasteiger partial charge in [-0.2, -0.15) is 0 Å². The largest absolute Gasteiger partial charge is 0.484 e. The molecule has 160 valence electrons. The van der Waals surface area contributed by atoms with E-state index >= 15 is 0 Å². The summed E-state index contributed by atoms with van der Waals surface area (Å²) in [5.74, 6) is 0.461. The van der Waals surface area contributed by atoms with Crippen molar-refractivity contribution in [3.05, 3.63) is 63.9 Å². The van der Waals surface area contributed by atoms with Gasteiger partial charge < -0.3 is 23.4 Å². The highest BCUT2D eigenvalue weighted by Crippen LogP contribution is 2.29. The van der Waals surface area contributed by atoms with Crippen LogP contribution < -0.4 is 10.4 Å². The molecular formula is C23H22N2O6. The van der Waals surface area contributed by atoms with Crippen molar-refractivity contribution in [3.63, 3.8) is 0 Å². The van der Waals surface area contributed by atoms with Crippen LogP contribution in [0, 0.1) is 0 Å². The van der Waals surface area contributed by atoms with E-state index in [0.717, 1.165) is 35.8 Å². The maximum Gasteiger partial charge on any atom is 0.339 e. The van der Waals surface area contributed by atoms with E-state index in [0.29, 0.717) is 43.3 Å². The smallest absolute Gasteiger partial charge is 0.339 e. The number of amides is 2. The van der Waals surface area contributed by atoms with E-state index in [1.807, 2.05) is 6.07 Å². The molecule has 0 N–H and O–H groups in total. The van der Waals surface area contributed by atoms with Gasteiger partial charge in [-0.15, -0.1) is 0 Å². The van der Waals surface area contributed by atoms with Crippen LogP contribution in [-0.4, -0.2) is 54.4 Å². The number of hydrogen-bond donors (Lipinski definition) is 0. The molecule has 1 saturated heterocycles. The van der Waals surface area contributed by atoms with Crippen LogP contribution in [0.2, 0.25) is 0 Å². The van der Waals surface area contributed by atoms with Crippen LogP contribution >= 0.6 is 0 Å². The van der Waals surface area contributed by atoms with E-state index < -0.39 is 0 Å². The summed E-state index contributed by atoms with van der Waals surface area (Å²) in [5, 5.41) is 0.933. The zero-order valence-corrected chi connectivity index (χ0v) is 17.0. The Morgan fingerprint density at radius 2 is 1.77 bits per heavy atom. The molecule has 0 bridgehead atoms. The molecule has 0 atom stereocenters. The molecule has 2 aromatic heterocycles. The average molecular weight is 422 g/mol. The molecule has 0 saturated carbocycles. The predicted molar refractivity (Wildman–Crippen MR) is 111 cm³/mol. The Labute approximate surface area is 178 Å². The molecule has 2 aliphatic rings. The molecule has 1 aromatic carbocycles. The summed E-state index contributed by atoms with van der Waals surface area (Å²) in [6, 6.07) is 8.67. The molecule has 31 heavy (non-hydrogen) atoms. The topological polar surface area (TPSA) is 93.2 Å². The predicted octanol–water partition coefficient (Wildman–Crippen LogP) is 2.24. The van der Waals surface area contributed by atoms with Gasteiger partial charge in [0, 0.05) is 43.2 Å². The van der Waals surface area contributed by atoms with Crippen LogP contribution in [-0.2, 0) is 17.6 Å². The number of piperazine rings is 1. The van der Waals surface area contributed by atoms with Gasteiger partial charge in [-0.25, -0.2) is 4.79 Å². The highest BCUT2D eigenvalue weighted by molar-refractivity contribution is 5.91. The Morgan fingerprint density at radius 3 is 2.55 bits per heavy atom. The minimum atomic E-state index is -0.282. The summed E-state index contributed by atoms with van der Waals surface area (Å²) in [5.41, 5.74) is 2.05. The first-order valence-corrected chi connectivity index (χ1v) is 10.4. The zero-order chi connectivity index (χ0) is 21.4. The van der Waals surface area contributed by atoms with Crippen LogP contribution in [0.3, 0.4) is 0 Å². The fourth-order valence-corrected chi connectivity index (χ4v) is 4.31. The lowest BCUT2D eigenvalue weighted by Gasteiger charge is -2.34. The fraction of sp³-hybridized carbons (Fsp3) is 0.348. The second-order valence-corrected chi connectivity index (χ2v) is 7.80. The van der Waals surface area contributed by atoms with Gasteiger partial charge in [0.25, 0.3) is 11.8 Å². The summed E-state index contributed by atoms with van der Waals surface area (Å²) >= 11 is 0. The first-order valence-electron chi connectivity index (χ1n) is 10.4. The molecule has 2 amide bonds. The molecule has 1 aliphatic heterocycles.